The van der Waals surface area contributed by atoms with Gasteiger partial charge in [0.15, 0.2) is 0 Å². The zero-order valence-corrected chi connectivity index (χ0v) is 6.82. The number of hydrogen-bond acceptors (Lipinski definition) is 2. The highest BCUT2D eigenvalue weighted by molar-refractivity contribution is 5.80. The molecule has 0 spiro atoms. The fourth-order valence-electron chi connectivity index (χ4n) is 0.911. The molecule has 1 rings (SSSR count). The van der Waals surface area contributed by atoms with E-state index in [2.05, 4.69) is 10.3 Å². The van der Waals surface area contributed by atoms with Crippen LogP contribution in [0.15, 0.2) is 29.3 Å². The zero-order valence-electron chi connectivity index (χ0n) is 6.82. The SMILES string of the molecule is CC=Nc1ccccc1NC=O. The number of para-hydroxylation sites is 2. The molecule has 0 bridgehead atoms. The molecule has 1 aromatic rings. The third kappa shape index (κ3) is 1.92. The van der Waals surface area contributed by atoms with Gasteiger partial charge in [-0.1, -0.05) is 12.1 Å². The summed E-state index contributed by atoms with van der Waals surface area (Å²) in [5, 5.41) is 2.57. The third-order valence-corrected chi connectivity index (χ3v) is 1.39. The Balaban J connectivity index is 2.99. The zero-order chi connectivity index (χ0) is 8.81. The van der Waals surface area contributed by atoms with E-state index in [0.717, 1.165) is 11.4 Å². The van der Waals surface area contributed by atoms with Crippen molar-refractivity contribution in [3.8, 4) is 0 Å². The van der Waals surface area contributed by atoms with Gasteiger partial charge in [-0.2, -0.15) is 0 Å². The van der Waals surface area contributed by atoms with Crippen LogP contribution in [0.1, 0.15) is 6.92 Å². The van der Waals surface area contributed by atoms with Gasteiger partial charge in [-0.3, -0.25) is 9.79 Å². The molecule has 0 atom stereocenters. The number of amides is 1. The second kappa shape index (κ2) is 4.28. The first-order valence-electron chi connectivity index (χ1n) is 3.66. The molecule has 0 unspecified atom stereocenters. The minimum Gasteiger partial charge on any atom is -0.327 e. The van der Waals surface area contributed by atoms with Gasteiger partial charge in [-0.25, -0.2) is 0 Å². The smallest absolute Gasteiger partial charge is 0.211 e. The second-order valence-corrected chi connectivity index (χ2v) is 2.17. The maximum Gasteiger partial charge on any atom is 0.211 e. The van der Waals surface area contributed by atoms with E-state index in [1.165, 1.54) is 0 Å². The van der Waals surface area contributed by atoms with Crippen molar-refractivity contribution in [2.24, 2.45) is 4.99 Å². The first-order valence-corrected chi connectivity index (χ1v) is 3.66. The number of benzene rings is 1. The lowest BCUT2D eigenvalue weighted by Crippen LogP contribution is -1.93. The molecule has 0 radical (unpaired) electrons. The van der Waals surface area contributed by atoms with Gasteiger partial charge in [0, 0.05) is 6.21 Å². The number of anilines is 1. The van der Waals surface area contributed by atoms with E-state index in [0.29, 0.717) is 6.41 Å². The number of hydrogen-bond donors (Lipinski definition) is 1. The molecule has 0 aliphatic rings. The minimum atomic E-state index is 0.643. The number of carbonyl (C=O) groups excluding carboxylic acids is 1. The third-order valence-electron chi connectivity index (χ3n) is 1.39. The number of carbonyl (C=O) groups is 1. The predicted octanol–water partition coefficient (Wildman–Crippen LogP) is 1.98. The normalized spacial score (nSPS) is 10.1. The van der Waals surface area contributed by atoms with Crippen molar-refractivity contribution in [1.82, 2.24) is 0 Å². The highest BCUT2D eigenvalue weighted by atomic mass is 16.1. The van der Waals surface area contributed by atoms with Crippen LogP contribution in [0.25, 0.3) is 0 Å². The van der Waals surface area contributed by atoms with Crippen molar-refractivity contribution in [1.29, 1.82) is 0 Å². The molecule has 0 saturated carbocycles. The van der Waals surface area contributed by atoms with Crippen molar-refractivity contribution in [2.45, 2.75) is 6.92 Å². The summed E-state index contributed by atoms with van der Waals surface area (Å²) in [5.74, 6) is 0. The molecule has 3 heteroatoms. The number of nitrogens with one attached hydrogen (secondary N) is 1. The maximum atomic E-state index is 10.2. The molecule has 1 aromatic carbocycles. The average molecular weight is 162 g/mol. The summed E-state index contributed by atoms with van der Waals surface area (Å²) >= 11 is 0. The molecule has 0 aliphatic carbocycles. The molecule has 62 valence electrons. The van der Waals surface area contributed by atoms with E-state index < -0.39 is 0 Å². The largest absolute Gasteiger partial charge is 0.327 e. The molecule has 3 nitrogen and oxygen atoms in total. The summed E-state index contributed by atoms with van der Waals surface area (Å²) in [6.45, 7) is 1.83. The summed E-state index contributed by atoms with van der Waals surface area (Å²) in [6.07, 6.45) is 2.33. The summed E-state index contributed by atoms with van der Waals surface area (Å²) in [6, 6.07) is 7.36. The van der Waals surface area contributed by atoms with Gasteiger partial charge >= 0.3 is 0 Å². The van der Waals surface area contributed by atoms with Gasteiger partial charge in [-0.15, -0.1) is 0 Å². The first-order chi connectivity index (χ1) is 5.88. The van der Waals surface area contributed by atoms with Gasteiger partial charge in [0.25, 0.3) is 0 Å². The number of aliphatic imine (C=N–C) groups is 1. The van der Waals surface area contributed by atoms with Crippen LogP contribution in [0.5, 0.6) is 0 Å². The lowest BCUT2D eigenvalue weighted by Gasteiger charge is -2.01. The molecule has 1 amide bonds. The molecule has 0 saturated heterocycles. The molecule has 0 fully saturated rings. The van der Waals surface area contributed by atoms with Crippen LogP contribution in [0, 0.1) is 0 Å². The first kappa shape index (κ1) is 8.46. The van der Waals surface area contributed by atoms with Gasteiger partial charge in [-0.05, 0) is 19.1 Å². The quantitative estimate of drug-likeness (QED) is 0.535. The van der Waals surface area contributed by atoms with Crippen LogP contribution < -0.4 is 5.32 Å². The van der Waals surface area contributed by atoms with Crippen LogP contribution in [0.3, 0.4) is 0 Å². The van der Waals surface area contributed by atoms with Crippen molar-refractivity contribution in [2.75, 3.05) is 5.32 Å². The van der Waals surface area contributed by atoms with Gasteiger partial charge in [0.1, 0.15) is 0 Å². The Hall–Kier alpha value is -1.64. The molecular weight excluding hydrogens is 152 g/mol. The van der Waals surface area contributed by atoms with Crippen LogP contribution in [-0.2, 0) is 4.79 Å². The lowest BCUT2D eigenvalue weighted by molar-refractivity contribution is -0.105. The summed E-state index contributed by atoms with van der Waals surface area (Å²) in [7, 11) is 0. The predicted molar refractivity (Wildman–Crippen MR) is 50.0 cm³/mol. The minimum absolute atomic E-state index is 0.643. The van der Waals surface area contributed by atoms with Gasteiger partial charge < -0.3 is 5.32 Å². The Morgan fingerprint density at radius 2 is 2.17 bits per heavy atom. The van der Waals surface area contributed by atoms with Gasteiger partial charge in [0.2, 0.25) is 6.41 Å². The average Bonchev–Trinajstić information content (AvgIpc) is 2.09. The summed E-state index contributed by atoms with van der Waals surface area (Å²) in [4.78, 5) is 14.2. The van der Waals surface area contributed by atoms with E-state index in [1.54, 1.807) is 12.3 Å². The van der Waals surface area contributed by atoms with Gasteiger partial charge in [0.05, 0.1) is 11.4 Å². The highest BCUT2D eigenvalue weighted by Gasteiger charge is 1.95. The lowest BCUT2D eigenvalue weighted by atomic mass is 10.3. The Labute approximate surface area is 71.1 Å². The van der Waals surface area contributed by atoms with E-state index in [4.69, 9.17) is 0 Å². The number of rotatable bonds is 3. The highest BCUT2D eigenvalue weighted by Crippen LogP contribution is 2.22. The van der Waals surface area contributed by atoms with Crippen molar-refractivity contribution >= 4 is 24.0 Å². The molecule has 0 aliphatic heterocycles. The second-order valence-electron chi connectivity index (χ2n) is 2.17. The molecule has 0 heterocycles. The van der Waals surface area contributed by atoms with Crippen molar-refractivity contribution < 1.29 is 4.79 Å². The standard InChI is InChI=1S/C9H10N2O/c1-2-10-8-5-3-4-6-9(8)11-7-12/h2-7H,1H3,(H,11,12). The number of nitrogens with zero attached hydrogens (tertiary/aromatic N) is 1. The Bertz CT molecular complexity index is 294. The summed E-state index contributed by atoms with van der Waals surface area (Å²) in [5.41, 5.74) is 1.50. The van der Waals surface area contributed by atoms with Crippen molar-refractivity contribution in [3.63, 3.8) is 0 Å². The molecular formula is C9H10N2O. The van der Waals surface area contributed by atoms with Crippen molar-refractivity contribution in [3.05, 3.63) is 24.3 Å². The van der Waals surface area contributed by atoms with E-state index in [9.17, 15) is 4.79 Å². The molecule has 12 heavy (non-hydrogen) atoms. The fraction of sp³-hybridized carbons (Fsp3) is 0.111. The maximum absolute atomic E-state index is 10.2. The van der Waals surface area contributed by atoms with E-state index in [-0.39, 0.29) is 0 Å². The Morgan fingerprint density at radius 1 is 1.42 bits per heavy atom. The fourth-order valence-corrected chi connectivity index (χ4v) is 0.911. The van der Waals surface area contributed by atoms with Crippen LogP contribution >= 0.6 is 0 Å². The van der Waals surface area contributed by atoms with E-state index in [1.807, 2.05) is 25.1 Å². The topological polar surface area (TPSA) is 41.5 Å². The van der Waals surface area contributed by atoms with Crippen LogP contribution in [0.4, 0.5) is 11.4 Å². The van der Waals surface area contributed by atoms with Crippen LogP contribution in [-0.4, -0.2) is 12.6 Å². The van der Waals surface area contributed by atoms with E-state index >= 15 is 0 Å². The Morgan fingerprint density at radius 3 is 2.83 bits per heavy atom. The monoisotopic (exact) mass is 162 g/mol. The summed E-state index contributed by atoms with van der Waals surface area (Å²) < 4.78 is 0. The molecule has 0 aromatic heterocycles. The molecule has 1 N–H and O–H groups in total. The Kier molecular flexibility index (Phi) is 3.02. The van der Waals surface area contributed by atoms with Crippen LogP contribution in [0.2, 0.25) is 0 Å².